The number of rotatable bonds is 3. The van der Waals surface area contributed by atoms with Gasteiger partial charge < -0.3 is 4.90 Å². The van der Waals surface area contributed by atoms with Crippen LogP contribution in [0.4, 0.5) is 16.2 Å². The number of allylic oxidation sites excluding steroid dienone is 1. The molecule has 1 N–H and O–H groups in total. The molecule has 6 nitrogen and oxygen atoms in total. The smallest absolute Gasteiger partial charge is 0.335 e. The number of imide groups is 2. The minimum Gasteiger partial charge on any atom is -0.365 e. The molecule has 0 unspecified atom stereocenters. The third kappa shape index (κ3) is 3.95. The van der Waals surface area contributed by atoms with E-state index in [1.54, 1.807) is 12.1 Å². The maximum absolute atomic E-state index is 13.2. The largest absolute Gasteiger partial charge is 0.365 e. The van der Waals surface area contributed by atoms with Crippen LogP contribution >= 0.6 is 11.6 Å². The lowest BCUT2D eigenvalue weighted by Gasteiger charge is -2.40. The van der Waals surface area contributed by atoms with Gasteiger partial charge in [0.1, 0.15) is 5.57 Å². The summed E-state index contributed by atoms with van der Waals surface area (Å²) in [5, 5.41) is 2.67. The first-order valence-electron chi connectivity index (χ1n) is 10.8. The Kier molecular flexibility index (Phi) is 5.66. The van der Waals surface area contributed by atoms with Gasteiger partial charge in [-0.05, 0) is 74.2 Å². The van der Waals surface area contributed by atoms with Crippen molar-refractivity contribution < 1.29 is 14.4 Å². The number of fused-ring (bicyclic) bond motifs is 1. The molecule has 2 aliphatic rings. The molecule has 4 amide bonds. The van der Waals surface area contributed by atoms with Gasteiger partial charge >= 0.3 is 6.03 Å². The number of anilines is 2. The maximum atomic E-state index is 13.2. The van der Waals surface area contributed by atoms with Gasteiger partial charge in [-0.15, -0.1) is 0 Å². The Labute approximate surface area is 198 Å². The second kappa shape index (κ2) is 8.19. The molecule has 4 rings (SSSR count). The number of hydrogen-bond acceptors (Lipinski definition) is 4. The Bertz CT molecular complexity index is 1240. The van der Waals surface area contributed by atoms with Crippen molar-refractivity contribution in [1.82, 2.24) is 5.32 Å². The zero-order valence-corrected chi connectivity index (χ0v) is 20.1. The van der Waals surface area contributed by atoms with Crippen molar-refractivity contribution in [3.63, 3.8) is 0 Å². The Hall–Kier alpha value is -3.38. The fourth-order valence-corrected chi connectivity index (χ4v) is 4.44. The highest BCUT2D eigenvalue weighted by Gasteiger charge is 2.37. The molecule has 0 aromatic heterocycles. The SMILES string of the molecule is CCc1ccc(N2C(=O)NC(=O)/C(=C/c3cc4c(cc3Cl)N(C)C(C)(C)C=C4C)C2=O)cc1. The van der Waals surface area contributed by atoms with Crippen LogP contribution in [0.1, 0.15) is 44.4 Å². The number of hydrogen-bond donors (Lipinski definition) is 1. The van der Waals surface area contributed by atoms with Crippen LogP contribution in [0.15, 0.2) is 48.0 Å². The number of urea groups is 1. The van der Waals surface area contributed by atoms with Crippen molar-refractivity contribution in [2.45, 2.75) is 39.7 Å². The van der Waals surface area contributed by atoms with Crippen molar-refractivity contribution >= 4 is 52.5 Å². The lowest BCUT2D eigenvalue weighted by molar-refractivity contribution is -0.122. The van der Waals surface area contributed by atoms with E-state index in [9.17, 15) is 14.4 Å². The number of likely N-dealkylation sites (N-methyl/N-ethyl adjacent to an activating group) is 1. The van der Waals surface area contributed by atoms with Crippen molar-refractivity contribution in [3.05, 3.63) is 69.8 Å². The molecular formula is C26H26ClN3O3. The zero-order chi connectivity index (χ0) is 24.1. The summed E-state index contributed by atoms with van der Waals surface area (Å²) in [5.41, 5.74) is 4.71. The van der Waals surface area contributed by atoms with Crippen LogP contribution in [0.5, 0.6) is 0 Å². The summed E-state index contributed by atoms with van der Waals surface area (Å²) in [4.78, 5) is 41.4. The van der Waals surface area contributed by atoms with Crippen molar-refractivity contribution in [2.24, 2.45) is 0 Å². The number of benzene rings is 2. The molecule has 1 saturated heterocycles. The molecule has 1 fully saturated rings. The van der Waals surface area contributed by atoms with Crippen LogP contribution in [0.2, 0.25) is 5.02 Å². The number of carbonyl (C=O) groups is 3. The van der Waals surface area contributed by atoms with E-state index in [1.807, 2.05) is 45.2 Å². The summed E-state index contributed by atoms with van der Waals surface area (Å²) in [6, 6.07) is 10.0. The first-order chi connectivity index (χ1) is 15.5. The predicted octanol–water partition coefficient (Wildman–Crippen LogP) is 5.20. The van der Waals surface area contributed by atoms with Gasteiger partial charge in [-0.3, -0.25) is 14.9 Å². The molecule has 0 bridgehead atoms. The molecule has 0 aliphatic carbocycles. The minimum absolute atomic E-state index is 0.151. The van der Waals surface area contributed by atoms with Crippen LogP contribution in [-0.4, -0.2) is 30.4 Å². The van der Waals surface area contributed by atoms with E-state index < -0.39 is 17.8 Å². The summed E-state index contributed by atoms with van der Waals surface area (Å²) < 4.78 is 0. The van der Waals surface area contributed by atoms with Gasteiger partial charge in [0.05, 0.1) is 11.2 Å². The molecule has 7 heteroatoms. The third-order valence-electron chi connectivity index (χ3n) is 6.34. The van der Waals surface area contributed by atoms with Gasteiger partial charge in [-0.2, -0.15) is 0 Å². The molecule has 2 heterocycles. The molecule has 2 aromatic rings. The molecule has 0 saturated carbocycles. The molecule has 2 aliphatic heterocycles. The van der Waals surface area contributed by atoms with Gasteiger partial charge in [0.15, 0.2) is 0 Å². The number of aryl methyl sites for hydroxylation is 1. The lowest BCUT2D eigenvalue weighted by Crippen LogP contribution is -2.54. The average molecular weight is 464 g/mol. The van der Waals surface area contributed by atoms with Gasteiger partial charge in [-0.1, -0.05) is 36.7 Å². The predicted molar refractivity (Wildman–Crippen MR) is 132 cm³/mol. The fraction of sp³-hybridized carbons (Fsp3) is 0.269. The first-order valence-corrected chi connectivity index (χ1v) is 11.2. The highest BCUT2D eigenvalue weighted by molar-refractivity contribution is 6.40. The molecular weight excluding hydrogens is 438 g/mol. The number of nitrogens with one attached hydrogen (secondary N) is 1. The summed E-state index contributed by atoms with van der Waals surface area (Å²) in [6.45, 7) is 8.28. The summed E-state index contributed by atoms with van der Waals surface area (Å²) in [5.74, 6) is -1.43. The monoisotopic (exact) mass is 463 g/mol. The quantitative estimate of drug-likeness (QED) is 0.501. The van der Waals surface area contributed by atoms with Crippen LogP contribution in [0.3, 0.4) is 0 Å². The topological polar surface area (TPSA) is 69.7 Å². The third-order valence-corrected chi connectivity index (χ3v) is 6.67. The fourth-order valence-electron chi connectivity index (χ4n) is 4.23. The second-order valence-corrected chi connectivity index (χ2v) is 9.32. The molecule has 0 radical (unpaired) electrons. The van der Waals surface area contributed by atoms with Crippen molar-refractivity contribution in [1.29, 1.82) is 0 Å². The maximum Gasteiger partial charge on any atom is 0.335 e. The van der Waals surface area contributed by atoms with Gasteiger partial charge in [-0.25, -0.2) is 9.69 Å². The van der Waals surface area contributed by atoms with E-state index in [0.29, 0.717) is 16.3 Å². The molecule has 0 atom stereocenters. The Balaban J connectivity index is 1.76. The van der Waals surface area contributed by atoms with Crippen LogP contribution < -0.4 is 15.1 Å². The van der Waals surface area contributed by atoms with E-state index in [4.69, 9.17) is 11.6 Å². The van der Waals surface area contributed by atoms with Gasteiger partial charge in [0.25, 0.3) is 11.8 Å². The van der Waals surface area contributed by atoms with E-state index in [2.05, 4.69) is 30.1 Å². The van der Waals surface area contributed by atoms with E-state index in [0.717, 1.165) is 33.7 Å². The highest BCUT2D eigenvalue weighted by Crippen LogP contribution is 2.41. The normalized spacial score (nSPS) is 18.9. The Morgan fingerprint density at radius 1 is 1.09 bits per heavy atom. The molecule has 2 aromatic carbocycles. The zero-order valence-electron chi connectivity index (χ0n) is 19.3. The highest BCUT2D eigenvalue weighted by atomic mass is 35.5. The number of barbiturate groups is 1. The lowest BCUT2D eigenvalue weighted by atomic mass is 9.88. The number of halogens is 1. The first kappa shape index (κ1) is 22.8. The van der Waals surface area contributed by atoms with Crippen LogP contribution in [0.25, 0.3) is 11.6 Å². The number of amides is 4. The Morgan fingerprint density at radius 2 is 1.76 bits per heavy atom. The standard InChI is InChI=1S/C26H26ClN3O3/c1-6-16-7-9-18(10-8-16)30-24(32)20(23(31)28-25(30)33)12-17-11-19-15(2)14-26(3,4)29(5)22(19)13-21(17)27/h7-14H,6H2,1-5H3,(H,28,31,33)/b20-12-. The minimum atomic E-state index is -0.773. The van der Waals surface area contributed by atoms with Crippen molar-refractivity contribution in [3.8, 4) is 0 Å². The summed E-state index contributed by atoms with van der Waals surface area (Å²) in [6.07, 6.45) is 4.45. The van der Waals surface area contributed by atoms with Crippen LogP contribution in [-0.2, 0) is 16.0 Å². The average Bonchev–Trinajstić information content (AvgIpc) is 2.75. The number of nitrogens with zero attached hydrogens (tertiary/aromatic N) is 2. The van der Waals surface area contributed by atoms with Crippen molar-refractivity contribution in [2.75, 3.05) is 16.8 Å². The van der Waals surface area contributed by atoms with E-state index >= 15 is 0 Å². The Morgan fingerprint density at radius 3 is 2.39 bits per heavy atom. The molecule has 0 spiro atoms. The van der Waals surface area contributed by atoms with Crippen LogP contribution in [0, 0.1) is 0 Å². The van der Waals surface area contributed by atoms with E-state index in [1.165, 1.54) is 6.08 Å². The van der Waals surface area contributed by atoms with E-state index in [-0.39, 0.29) is 11.1 Å². The van der Waals surface area contributed by atoms with Gasteiger partial charge in [0.2, 0.25) is 0 Å². The molecule has 170 valence electrons. The summed E-state index contributed by atoms with van der Waals surface area (Å²) >= 11 is 6.58. The summed E-state index contributed by atoms with van der Waals surface area (Å²) in [7, 11) is 2.00. The second-order valence-electron chi connectivity index (χ2n) is 8.91. The number of carbonyl (C=O) groups excluding carboxylic acids is 3. The molecule has 33 heavy (non-hydrogen) atoms. The van der Waals surface area contributed by atoms with Gasteiger partial charge in [0, 0.05) is 23.3 Å².